The van der Waals surface area contributed by atoms with Crippen molar-refractivity contribution in [2.75, 3.05) is 6.54 Å². The molecule has 0 fully saturated rings. The number of nitrogens with zero attached hydrogens (tertiary/aromatic N) is 4. The fourth-order valence-corrected chi connectivity index (χ4v) is 3.67. The van der Waals surface area contributed by atoms with E-state index < -0.39 is 0 Å². The van der Waals surface area contributed by atoms with Crippen LogP contribution in [-0.2, 0) is 19.2 Å². The normalized spacial score (nSPS) is 10.5. The van der Waals surface area contributed by atoms with E-state index in [1.807, 2.05) is 18.5 Å². The molecule has 2 aromatic rings. The molecule has 0 unspecified atom stereocenters. The maximum absolute atomic E-state index is 5.53. The van der Waals surface area contributed by atoms with Crippen LogP contribution in [0.25, 0.3) is 0 Å². The average Bonchev–Trinajstić information content (AvgIpc) is 2.82. The zero-order valence-electron chi connectivity index (χ0n) is 11.2. The van der Waals surface area contributed by atoms with Crippen LogP contribution in [0, 0.1) is 13.8 Å². The number of aryl methyl sites for hydroxylation is 2. The second-order valence-corrected chi connectivity index (χ2v) is 6.26. The van der Waals surface area contributed by atoms with Crippen LogP contribution in [0.1, 0.15) is 21.4 Å². The lowest BCUT2D eigenvalue weighted by molar-refractivity contribution is 0.727. The van der Waals surface area contributed by atoms with Crippen molar-refractivity contribution in [3.8, 4) is 0 Å². The maximum Gasteiger partial charge on any atom is 0.191 e. The summed E-state index contributed by atoms with van der Waals surface area (Å²) in [4.78, 5) is 5.73. The lowest BCUT2D eigenvalue weighted by atomic mass is 10.4. The van der Waals surface area contributed by atoms with Gasteiger partial charge in [-0.05, 0) is 20.4 Å². The van der Waals surface area contributed by atoms with Crippen molar-refractivity contribution in [1.29, 1.82) is 0 Å². The molecule has 106 valence electrons. The van der Waals surface area contributed by atoms with Gasteiger partial charge in [-0.15, -0.1) is 33.9 Å². The second kappa shape index (κ2) is 7.23. The molecular weight excluding hydrogens is 302 g/mol. The summed E-state index contributed by atoms with van der Waals surface area (Å²) in [6.45, 7) is 4.69. The topological polar surface area (TPSA) is 69.6 Å². The third-order valence-corrected chi connectivity index (χ3v) is 4.93. The molecule has 2 N–H and O–H groups in total. The highest BCUT2D eigenvalue weighted by Crippen LogP contribution is 2.26. The summed E-state index contributed by atoms with van der Waals surface area (Å²) in [5.41, 5.74) is 6.65. The number of hydrogen-bond acceptors (Lipinski definition) is 6. The van der Waals surface area contributed by atoms with Gasteiger partial charge in [0.25, 0.3) is 0 Å². The Labute approximate surface area is 127 Å². The highest BCUT2D eigenvalue weighted by molar-refractivity contribution is 7.98. The van der Waals surface area contributed by atoms with Crippen molar-refractivity contribution in [3.05, 3.63) is 21.4 Å². The molecule has 0 atom stereocenters. The van der Waals surface area contributed by atoms with Gasteiger partial charge in [0.2, 0.25) is 0 Å². The molecule has 2 heterocycles. The summed E-state index contributed by atoms with van der Waals surface area (Å²) >= 11 is 3.44. The molecule has 0 radical (unpaired) electrons. The predicted octanol–water partition coefficient (Wildman–Crippen LogP) is 2.10. The summed E-state index contributed by atoms with van der Waals surface area (Å²) < 4.78 is 2.01. The van der Waals surface area contributed by atoms with Crippen LogP contribution in [0.5, 0.6) is 0 Å². The molecule has 0 aromatic carbocycles. The minimum Gasteiger partial charge on any atom is -0.330 e. The fourth-order valence-electron chi connectivity index (χ4n) is 1.66. The average molecular weight is 320 g/mol. The highest BCUT2D eigenvalue weighted by Gasteiger charge is 2.11. The minimum absolute atomic E-state index is 0. The molecule has 0 bridgehead atoms. The number of aromatic nitrogens is 4. The zero-order chi connectivity index (χ0) is 13.1. The highest BCUT2D eigenvalue weighted by atomic mass is 35.5. The Morgan fingerprint density at radius 1 is 1.32 bits per heavy atom. The molecule has 0 amide bonds. The van der Waals surface area contributed by atoms with Crippen molar-refractivity contribution in [1.82, 2.24) is 19.7 Å². The Morgan fingerprint density at radius 3 is 2.63 bits per heavy atom. The van der Waals surface area contributed by atoms with Crippen molar-refractivity contribution in [2.45, 2.75) is 31.2 Å². The first kappa shape index (κ1) is 16.4. The van der Waals surface area contributed by atoms with Crippen molar-refractivity contribution in [2.24, 2.45) is 12.8 Å². The lowest BCUT2D eigenvalue weighted by Crippen LogP contribution is -2.08. The second-order valence-electron chi connectivity index (χ2n) is 4.03. The Bertz CT molecular complexity index is 537. The molecule has 0 aliphatic carbocycles. The zero-order valence-corrected chi connectivity index (χ0v) is 13.7. The molecule has 0 saturated carbocycles. The van der Waals surface area contributed by atoms with E-state index in [-0.39, 0.29) is 12.4 Å². The standard InChI is InChI=1S/C11H17N5S2.ClH/c1-7-9(18-8(2)13-7)6-17-11-15-14-10(4-5-12)16(11)3;/h4-6,12H2,1-3H3;1H. The van der Waals surface area contributed by atoms with E-state index in [2.05, 4.69) is 22.1 Å². The van der Waals surface area contributed by atoms with E-state index in [1.165, 1.54) is 4.88 Å². The maximum atomic E-state index is 5.53. The molecule has 19 heavy (non-hydrogen) atoms. The number of halogens is 1. The quantitative estimate of drug-likeness (QED) is 0.855. The molecule has 0 aliphatic rings. The van der Waals surface area contributed by atoms with Gasteiger partial charge in [-0.3, -0.25) is 0 Å². The summed E-state index contributed by atoms with van der Waals surface area (Å²) in [7, 11) is 1.98. The van der Waals surface area contributed by atoms with Gasteiger partial charge in [0, 0.05) is 24.1 Å². The molecule has 0 spiro atoms. The van der Waals surface area contributed by atoms with Gasteiger partial charge < -0.3 is 10.3 Å². The van der Waals surface area contributed by atoms with E-state index in [4.69, 9.17) is 5.73 Å². The van der Waals surface area contributed by atoms with Gasteiger partial charge in [-0.2, -0.15) is 0 Å². The summed E-state index contributed by atoms with van der Waals surface area (Å²) in [6, 6.07) is 0. The molecule has 2 aromatic heterocycles. The van der Waals surface area contributed by atoms with E-state index in [0.717, 1.165) is 33.9 Å². The number of nitrogens with two attached hydrogens (primary N) is 1. The van der Waals surface area contributed by atoms with Crippen LogP contribution in [0.15, 0.2) is 5.16 Å². The molecule has 8 heteroatoms. The van der Waals surface area contributed by atoms with E-state index >= 15 is 0 Å². The SMILES string of the molecule is Cc1nc(C)c(CSc2nnc(CCN)n2C)s1.Cl. The Kier molecular flexibility index (Phi) is 6.25. The Hall–Kier alpha value is -0.630. The van der Waals surface area contributed by atoms with Crippen LogP contribution >= 0.6 is 35.5 Å². The van der Waals surface area contributed by atoms with Gasteiger partial charge in [0.1, 0.15) is 5.82 Å². The monoisotopic (exact) mass is 319 g/mol. The molecular formula is C11H18ClN5S2. The summed E-state index contributed by atoms with van der Waals surface area (Å²) in [5, 5.41) is 10.4. The first-order valence-corrected chi connectivity index (χ1v) is 7.56. The third-order valence-electron chi connectivity index (χ3n) is 2.62. The van der Waals surface area contributed by atoms with Crippen LogP contribution in [-0.4, -0.2) is 26.3 Å². The van der Waals surface area contributed by atoms with Crippen molar-refractivity contribution >= 4 is 35.5 Å². The largest absolute Gasteiger partial charge is 0.330 e. The minimum atomic E-state index is 0. The molecule has 2 rings (SSSR count). The van der Waals surface area contributed by atoms with Gasteiger partial charge in [-0.1, -0.05) is 11.8 Å². The van der Waals surface area contributed by atoms with Crippen LogP contribution in [0.4, 0.5) is 0 Å². The van der Waals surface area contributed by atoms with Gasteiger partial charge in [-0.25, -0.2) is 4.98 Å². The van der Waals surface area contributed by atoms with Gasteiger partial charge in [0.15, 0.2) is 5.16 Å². The number of rotatable bonds is 5. The van der Waals surface area contributed by atoms with Crippen LogP contribution in [0.2, 0.25) is 0 Å². The Morgan fingerprint density at radius 2 is 2.05 bits per heavy atom. The Balaban J connectivity index is 0.00000180. The van der Waals surface area contributed by atoms with Crippen molar-refractivity contribution < 1.29 is 0 Å². The number of thioether (sulfide) groups is 1. The summed E-state index contributed by atoms with van der Waals surface area (Å²) in [5.74, 6) is 1.84. The van der Waals surface area contributed by atoms with E-state index in [1.54, 1.807) is 23.1 Å². The van der Waals surface area contributed by atoms with Crippen molar-refractivity contribution in [3.63, 3.8) is 0 Å². The molecule has 0 saturated heterocycles. The smallest absolute Gasteiger partial charge is 0.191 e. The first-order chi connectivity index (χ1) is 8.61. The van der Waals surface area contributed by atoms with Gasteiger partial charge in [0.05, 0.1) is 10.7 Å². The van der Waals surface area contributed by atoms with Crippen LogP contribution in [0.3, 0.4) is 0 Å². The number of hydrogen-bond donors (Lipinski definition) is 1. The predicted molar refractivity (Wildman–Crippen MR) is 82.2 cm³/mol. The van der Waals surface area contributed by atoms with E-state index in [9.17, 15) is 0 Å². The van der Waals surface area contributed by atoms with E-state index in [0.29, 0.717) is 6.54 Å². The molecule has 0 aliphatic heterocycles. The third kappa shape index (κ3) is 3.92. The van der Waals surface area contributed by atoms with Crippen LogP contribution < -0.4 is 5.73 Å². The summed E-state index contributed by atoms with van der Waals surface area (Å²) in [6.07, 6.45) is 0.767. The van der Waals surface area contributed by atoms with Gasteiger partial charge >= 0.3 is 0 Å². The first-order valence-electron chi connectivity index (χ1n) is 5.76. The number of thiazole rings is 1. The molecule has 5 nitrogen and oxygen atoms in total. The fraction of sp³-hybridized carbons (Fsp3) is 0.545. The lowest BCUT2D eigenvalue weighted by Gasteiger charge is -2.02.